The molecule has 0 aromatic carbocycles. The third-order valence-corrected chi connectivity index (χ3v) is 1.95. The summed E-state index contributed by atoms with van der Waals surface area (Å²) in [6.45, 7) is 0. The summed E-state index contributed by atoms with van der Waals surface area (Å²) in [5, 5.41) is 8.66. The first-order valence-corrected chi connectivity index (χ1v) is 4.12. The van der Waals surface area contributed by atoms with Crippen molar-refractivity contribution in [3.8, 4) is 0 Å². The molecule has 0 saturated heterocycles. The second kappa shape index (κ2) is 3.19. The molecule has 16 heavy (non-hydrogen) atoms. The number of carboxylic acids is 1. The lowest BCUT2D eigenvalue weighted by Crippen LogP contribution is -2.26. The molecule has 0 bridgehead atoms. The van der Waals surface area contributed by atoms with E-state index in [1.807, 2.05) is 4.98 Å². The summed E-state index contributed by atoms with van der Waals surface area (Å²) >= 11 is 0. The second-order valence-electron chi connectivity index (χ2n) is 3.01. The number of H-pyrrole nitrogens is 3. The highest BCUT2D eigenvalue weighted by Gasteiger charge is 2.10. The molecule has 0 fully saturated rings. The normalized spacial score (nSPS) is 10.5. The monoisotopic (exact) mass is 223 g/mol. The zero-order chi connectivity index (χ0) is 11.9. The number of aromatic carboxylic acids is 1. The van der Waals surface area contributed by atoms with Gasteiger partial charge in [0.1, 0.15) is 16.7 Å². The molecule has 8 heteroatoms. The minimum Gasteiger partial charge on any atom is -0.477 e. The molecule has 0 aliphatic carbocycles. The van der Waals surface area contributed by atoms with Crippen molar-refractivity contribution < 1.29 is 9.90 Å². The van der Waals surface area contributed by atoms with Crippen LogP contribution in [0.5, 0.6) is 0 Å². The van der Waals surface area contributed by atoms with E-state index in [1.54, 1.807) is 0 Å². The summed E-state index contributed by atoms with van der Waals surface area (Å²) in [4.78, 5) is 50.4. The number of hydrogen-bond acceptors (Lipinski definition) is 4. The average Bonchev–Trinajstić information content (AvgIpc) is 2.19. The number of hydrogen-bond donors (Lipinski definition) is 4. The van der Waals surface area contributed by atoms with Crippen molar-refractivity contribution in [1.82, 2.24) is 15.0 Å². The molecule has 0 radical (unpaired) electrons. The quantitative estimate of drug-likeness (QED) is 0.471. The van der Waals surface area contributed by atoms with Crippen LogP contribution in [0, 0.1) is 0 Å². The van der Waals surface area contributed by atoms with Crippen LogP contribution < -0.4 is 16.7 Å². The van der Waals surface area contributed by atoms with E-state index in [4.69, 9.17) is 5.11 Å². The predicted molar refractivity (Wildman–Crippen MR) is 52.8 cm³/mol. The van der Waals surface area contributed by atoms with Crippen molar-refractivity contribution in [3.05, 3.63) is 42.8 Å². The van der Waals surface area contributed by atoms with E-state index in [-0.39, 0.29) is 11.0 Å². The fourth-order valence-electron chi connectivity index (χ4n) is 1.28. The fourth-order valence-corrected chi connectivity index (χ4v) is 1.28. The Kier molecular flexibility index (Phi) is 1.97. The summed E-state index contributed by atoms with van der Waals surface area (Å²) in [5.74, 6) is -1.37. The molecule has 82 valence electrons. The van der Waals surface area contributed by atoms with Crippen LogP contribution in [-0.4, -0.2) is 26.0 Å². The molecule has 0 aliphatic rings. The molecule has 2 rings (SSSR count). The molecular weight excluding hydrogens is 218 g/mol. The third-order valence-electron chi connectivity index (χ3n) is 1.95. The Morgan fingerprint density at radius 2 is 1.75 bits per heavy atom. The average molecular weight is 223 g/mol. The van der Waals surface area contributed by atoms with Crippen LogP contribution in [0.2, 0.25) is 0 Å². The van der Waals surface area contributed by atoms with E-state index in [9.17, 15) is 19.2 Å². The fraction of sp³-hybridized carbons (Fsp3) is 0. The lowest BCUT2D eigenvalue weighted by molar-refractivity contribution is 0.0691. The molecule has 2 aromatic heterocycles. The Labute approximate surface area is 85.6 Å². The zero-order valence-electron chi connectivity index (χ0n) is 7.66. The van der Waals surface area contributed by atoms with Crippen molar-refractivity contribution in [2.45, 2.75) is 0 Å². The van der Waals surface area contributed by atoms with Crippen LogP contribution in [0.15, 0.2) is 20.4 Å². The first-order valence-electron chi connectivity index (χ1n) is 4.12. The summed E-state index contributed by atoms with van der Waals surface area (Å²) in [5.41, 5.74) is -3.36. The Morgan fingerprint density at radius 3 is 2.38 bits per heavy atom. The smallest absolute Gasteiger partial charge is 0.352 e. The van der Waals surface area contributed by atoms with Crippen LogP contribution >= 0.6 is 0 Å². The number of pyridine rings is 1. The molecule has 4 N–H and O–H groups in total. The highest BCUT2D eigenvalue weighted by atomic mass is 16.4. The Morgan fingerprint density at radius 1 is 1.06 bits per heavy atom. The van der Waals surface area contributed by atoms with E-state index in [0.29, 0.717) is 0 Å². The minimum atomic E-state index is -1.37. The van der Waals surface area contributed by atoms with Crippen LogP contribution in [-0.2, 0) is 0 Å². The zero-order valence-corrected chi connectivity index (χ0v) is 7.66. The maximum atomic E-state index is 11.4. The van der Waals surface area contributed by atoms with Crippen LogP contribution in [0.3, 0.4) is 0 Å². The molecule has 0 aliphatic heterocycles. The van der Waals surface area contributed by atoms with Gasteiger partial charge in [0, 0.05) is 6.07 Å². The van der Waals surface area contributed by atoms with Crippen molar-refractivity contribution in [2.75, 3.05) is 0 Å². The number of aromatic nitrogens is 3. The number of carboxylic acid groups (broad SMARTS) is 1. The Bertz CT molecular complexity index is 751. The van der Waals surface area contributed by atoms with E-state index in [1.165, 1.54) is 0 Å². The van der Waals surface area contributed by atoms with Crippen molar-refractivity contribution in [2.24, 2.45) is 0 Å². The maximum absolute atomic E-state index is 11.4. The number of rotatable bonds is 1. The largest absolute Gasteiger partial charge is 0.477 e. The van der Waals surface area contributed by atoms with Crippen molar-refractivity contribution >= 4 is 17.0 Å². The molecule has 0 amide bonds. The van der Waals surface area contributed by atoms with Gasteiger partial charge in [0.25, 0.3) is 5.56 Å². The van der Waals surface area contributed by atoms with Gasteiger partial charge in [-0.2, -0.15) is 0 Å². The van der Waals surface area contributed by atoms with Crippen molar-refractivity contribution in [3.63, 3.8) is 0 Å². The van der Waals surface area contributed by atoms with E-state index in [2.05, 4.69) is 9.97 Å². The van der Waals surface area contributed by atoms with Gasteiger partial charge < -0.3 is 15.1 Å². The van der Waals surface area contributed by atoms with Crippen LogP contribution in [0.4, 0.5) is 0 Å². The standard InChI is InChI=1S/C8H5N3O5/c12-3-1-2(7(14)15)9-5-4(3)10-8(16)11-6(5)13/h1H,(H,9,12)(H,14,15)(H2,10,11,13,16). The lowest BCUT2D eigenvalue weighted by Gasteiger charge is -1.98. The first-order chi connectivity index (χ1) is 7.49. The first kappa shape index (κ1) is 9.90. The number of nitrogens with one attached hydrogen (secondary N) is 3. The molecule has 8 nitrogen and oxygen atoms in total. The van der Waals surface area contributed by atoms with E-state index in [0.717, 1.165) is 6.07 Å². The van der Waals surface area contributed by atoms with Gasteiger partial charge in [-0.15, -0.1) is 0 Å². The highest BCUT2D eigenvalue weighted by molar-refractivity contribution is 5.88. The van der Waals surface area contributed by atoms with Gasteiger partial charge in [-0.1, -0.05) is 0 Å². The summed E-state index contributed by atoms with van der Waals surface area (Å²) in [7, 11) is 0. The van der Waals surface area contributed by atoms with Crippen LogP contribution in [0.1, 0.15) is 10.5 Å². The molecule has 2 heterocycles. The molecule has 0 spiro atoms. The van der Waals surface area contributed by atoms with Gasteiger partial charge in [-0.05, 0) is 0 Å². The van der Waals surface area contributed by atoms with Gasteiger partial charge in [-0.3, -0.25) is 14.6 Å². The number of fused-ring (bicyclic) bond motifs is 1. The third kappa shape index (κ3) is 1.41. The predicted octanol–water partition coefficient (Wildman–Crippen LogP) is -1.40. The molecule has 0 unspecified atom stereocenters. The summed E-state index contributed by atoms with van der Waals surface area (Å²) in [6, 6.07) is 0.792. The Hall–Kier alpha value is -2.64. The number of aromatic amines is 3. The molecular formula is C8H5N3O5. The van der Waals surface area contributed by atoms with Gasteiger partial charge in [0.05, 0.1) is 0 Å². The topological polar surface area (TPSA) is 136 Å². The van der Waals surface area contributed by atoms with Crippen LogP contribution in [0.25, 0.3) is 11.0 Å². The minimum absolute atomic E-state index is 0.251. The molecule has 0 atom stereocenters. The van der Waals surface area contributed by atoms with E-state index < -0.39 is 28.3 Å². The van der Waals surface area contributed by atoms with Crippen molar-refractivity contribution in [1.29, 1.82) is 0 Å². The molecule has 0 saturated carbocycles. The summed E-state index contributed by atoms with van der Waals surface area (Å²) < 4.78 is 0. The van der Waals surface area contributed by atoms with Gasteiger partial charge in [0.2, 0.25) is 5.43 Å². The van der Waals surface area contributed by atoms with Gasteiger partial charge in [-0.25, -0.2) is 9.59 Å². The summed E-state index contributed by atoms with van der Waals surface area (Å²) in [6.07, 6.45) is 0. The highest BCUT2D eigenvalue weighted by Crippen LogP contribution is 1.97. The van der Waals surface area contributed by atoms with E-state index >= 15 is 0 Å². The molecule has 2 aromatic rings. The second-order valence-corrected chi connectivity index (χ2v) is 3.01. The number of carbonyl (C=O) groups is 1. The maximum Gasteiger partial charge on any atom is 0.352 e. The van der Waals surface area contributed by atoms with Gasteiger partial charge >= 0.3 is 11.7 Å². The van der Waals surface area contributed by atoms with Gasteiger partial charge in [0.15, 0.2) is 0 Å². The Balaban J connectivity index is 3.05. The SMILES string of the molecule is O=C(O)c1cc(=O)c2[nH]c(=O)[nH]c(=O)c2[nH]1. The lowest BCUT2D eigenvalue weighted by atomic mass is 10.3.